The number of aromatic nitrogens is 5. The Morgan fingerprint density at radius 2 is 1.86 bits per heavy atom. The van der Waals surface area contributed by atoms with Crippen LogP contribution in [0.15, 0.2) is 54.7 Å². The number of nitrogens with one attached hydrogen (secondary N) is 2. The van der Waals surface area contributed by atoms with E-state index in [0.29, 0.717) is 24.3 Å². The number of piperidine rings is 1. The predicted octanol–water partition coefficient (Wildman–Crippen LogP) is 3.56. The predicted molar refractivity (Wildman–Crippen MR) is 141 cm³/mol. The van der Waals surface area contributed by atoms with Crippen LogP contribution in [0.4, 0.5) is 0 Å². The Morgan fingerprint density at radius 1 is 1.16 bits per heavy atom. The van der Waals surface area contributed by atoms with Gasteiger partial charge in [0.05, 0.1) is 18.3 Å². The average molecular weight is 504 g/mol. The van der Waals surface area contributed by atoms with Gasteiger partial charge in [-0.2, -0.15) is 5.10 Å². The number of carboxylic acid groups (broad SMARTS) is 1. The first-order chi connectivity index (χ1) is 17.6. The zero-order valence-corrected chi connectivity index (χ0v) is 20.0. The van der Waals surface area contributed by atoms with Gasteiger partial charge in [0.1, 0.15) is 5.69 Å². The average Bonchev–Trinajstić information content (AvgIpc) is 3.56. The molecule has 2 aliphatic heterocycles. The molecule has 194 valence electrons. The van der Waals surface area contributed by atoms with Crippen LogP contribution >= 0.6 is 0 Å². The molecular weight excluding hydrogens is 470 g/mol. The Kier molecular flexibility index (Phi) is 7.98. The van der Waals surface area contributed by atoms with E-state index >= 15 is 0 Å². The minimum atomic E-state index is -0.250. The summed E-state index contributed by atoms with van der Waals surface area (Å²) in [5, 5.41) is 26.9. The van der Waals surface area contributed by atoms with E-state index in [1.165, 1.54) is 18.4 Å². The molecule has 0 radical (unpaired) electrons. The summed E-state index contributed by atoms with van der Waals surface area (Å²) in [7, 11) is 2.21. The second-order valence-corrected chi connectivity index (χ2v) is 9.42. The molecule has 2 atom stereocenters. The van der Waals surface area contributed by atoms with Gasteiger partial charge in [-0.1, -0.05) is 49.0 Å². The van der Waals surface area contributed by atoms with E-state index in [9.17, 15) is 4.79 Å². The van der Waals surface area contributed by atoms with Crippen molar-refractivity contribution in [1.29, 1.82) is 0 Å². The highest BCUT2D eigenvalue weighted by Crippen LogP contribution is 2.34. The van der Waals surface area contributed by atoms with Crippen molar-refractivity contribution in [2.45, 2.75) is 57.8 Å². The van der Waals surface area contributed by atoms with Crippen molar-refractivity contribution < 1.29 is 14.7 Å². The summed E-state index contributed by atoms with van der Waals surface area (Å²) in [4.78, 5) is 24.0. The fourth-order valence-electron chi connectivity index (χ4n) is 5.41. The van der Waals surface area contributed by atoms with Gasteiger partial charge in [0.2, 0.25) is 0 Å². The van der Waals surface area contributed by atoms with Gasteiger partial charge >= 0.3 is 0 Å². The SMILES string of the molecule is C.CN1C2CCC1CC(NC(=O)c1n[nH]c3ccc(-c4cn(Cc5ccccc5)nn4)cc13)C2.O=CO. The molecule has 1 amide bonds. The summed E-state index contributed by atoms with van der Waals surface area (Å²) in [6.07, 6.45) is 6.41. The number of hydrogen-bond donors (Lipinski definition) is 3. The molecule has 2 saturated heterocycles. The number of fused-ring (bicyclic) bond motifs is 3. The number of rotatable bonds is 5. The lowest BCUT2D eigenvalue weighted by Crippen LogP contribution is -2.48. The van der Waals surface area contributed by atoms with E-state index in [1.807, 2.05) is 47.3 Å². The molecular formula is C27H33N7O3. The van der Waals surface area contributed by atoms with Crippen LogP contribution in [0, 0.1) is 0 Å². The molecule has 10 nitrogen and oxygen atoms in total. The van der Waals surface area contributed by atoms with Gasteiger partial charge < -0.3 is 15.3 Å². The van der Waals surface area contributed by atoms with Crippen LogP contribution in [-0.4, -0.2) is 72.8 Å². The van der Waals surface area contributed by atoms with Crippen LogP contribution in [-0.2, 0) is 11.3 Å². The zero-order valence-electron chi connectivity index (χ0n) is 20.0. The highest BCUT2D eigenvalue weighted by Gasteiger charge is 2.39. The summed E-state index contributed by atoms with van der Waals surface area (Å²) in [5.74, 6) is -0.111. The Balaban J connectivity index is 0.000000765. The van der Waals surface area contributed by atoms with Crippen LogP contribution in [0.3, 0.4) is 0 Å². The van der Waals surface area contributed by atoms with Gasteiger partial charge in [0.25, 0.3) is 12.4 Å². The zero-order chi connectivity index (χ0) is 25.1. The van der Waals surface area contributed by atoms with Crippen molar-refractivity contribution in [3.8, 4) is 11.3 Å². The fraction of sp³-hybridized carbons (Fsp3) is 0.370. The quantitative estimate of drug-likeness (QED) is 0.355. The molecule has 6 rings (SSSR count). The summed E-state index contributed by atoms with van der Waals surface area (Å²) < 4.78 is 1.83. The molecule has 2 aliphatic rings. The lowest BCUT2D eigenvalue weighted by atomic mass is 9.97. The molecule has 0 saturated carbocycles. The summed E-state index contributed by atoms with van der Waals surface area (Å²) >= 11 is 0. The van der Waals surface area contributed by atoms with E-state index in [1.54, 1.807) is 0 Å². The van der Waals surface area contributed by atoms with Gasteiger partial charge in [0.15, 0.2) is 5.69 Å². The number of aromatic amines is 1. The van der Waals surface area contributed by atoms with Crippen LogP contribution < -0.4 is 5.32 Å². The van der Waals surface area contributed by atoms with E-state index in [0.717, 1.165) is 35.0 Å². The maximum Gasteiger partial charge on any atom is 0.290 e. The summed E-state index contributed by atoms with van der Waals surface area (Å²) in [5.41, 5.74) is 4.13. The number of nitrogens with zero attached hydrogens (tertiary/aromatic N) is 5. The highest BCUT2D eigenvalue weighted by molar-refractivity contribution is 6.05. The molecule has 2 fully saturated rings. The van der Waals surface area contributed by atoms with Crippen molar-refractivity contribution in [2.24, 2.45) is 0 Å². The van der Waals surface area contributed by atoms with Crippen LogP contribution in [0.1, 0.15) is 49.2 Å². The molecule has 0 spiro atoms. The normalized spacial score (nSPS) is 20.5. The molecule has 2 aromatic heterocycles. The Morgan fingerprint density at radius 3 is 2.57 bits per heavy atom. The van der Waals surface area contributed by atoms with Crippen molar-refractivity contribution in [1.82, 2.24) is 35.4 Å². The third-order valence-electron chi connectivity index (χ3n) is 7.23. The molecule has 37 heavy (non-hydrogen) atoms. The largest absolute Gasteiger partial charge is 0.483 e. The van der Waals surface area contributed by atoms with Crippen molar-refractivity contribution in [3.63, 3.8) is 0 Å². The molecule has 10 heteroatoms. The van der Waals surface area contributed by atoms with Gasteiger partial charge in [-0.15, -0.1) is 5.10 Å². The third-order valence-corrected chi connectivity index (χ3v) is 7.23. The minimum Gasteiger partial charge on any atom is -0.483 e. The molecule has 4 heterocycles. The van der Waals surface area contributed by atoms with Crippen molar-refractivity contribution in [2.75, 3.05) is 7.05 Å². The topological polar surface area (TPSA) is 129 Å². The minimum absolute atomic E-state index is 0. The Hall–Kier alpha value is -4.05. The molecule has 0 aliphatic carbocycles. The van der Waals surface area contributed by atoms with Gasteiger partial charge in [-0.25, -0.2) is 4.68 Å². The van der Waals surface area contributed by atoms with Crippen molar-refractivity contribution in [3.05, 3.63) is 66.0 Å². The van der Waals surface area contributed by atoms with Gasteiger partial charge in [-0.3, -0.25) is 14.7 Å². The van der Waals surface area contributed by atoms with Crippen LogP contribution in [0.5, 0.6) is 0 Å². The standard InChI is InChI=1S/C25H27N7O.CH2O2.CH4/c1-31-19-8-9-20(31)13-18(12-19)26-25(33)24-21-11-17(7-10-22(21)27-29-24)23-15-32(30-28-23)14-16-5-3-2-4-6-16;2-1-3;/h2-7,10-11,15,18-20H,8-9,12-14H2,1H3,(H,26,33)(H,27,29);1H,(H,2,3);1H4. The second kappa shape index (κ2) is 11.3. The number of carbonyl (C=O) groups excluding carboxylic acids is 1. The third kappa shape index (κ3) is 5.54. The lowest BCUT2D eigenvalue weighted by molar-refractivity contribution is -0.122. The maximum atomic E-state index is 13.1. The number of benzene rings is 2. The first kappa shape index (κ1) is 26.0. The highest BCUT2D eigenvalue weighted by atomic mass is 16.3. The van der Waals surface area contributed by atoms with E-state index in [2.05, 4.69) is 49.9 Å². The number of carbonyl (C=O) groups is 2. The molecule has 4 aromatic rings. The number of hydrogen-bond acceptors (Lipinski definition) is 6. The lowest BCUT2D eigenvalue weighted by Gasteiger charge is -2.36. The summed E-state index contributed by atoms with van der Waals surface area (Å²) in [6, 6.07) is 17.4. The smallest absolute Gasteiger partial charge is 0.290 e. The van der Waals surface area contributed by atoms with E-state index in [-0.39, 0.29) is 25.8 Å². The maximum absolute atomic E-state index is 13.1. The summed E-state index contributed by atoms with van der Waals surface area (Å²) in [6.45, 7) is 0.411. The second-order valence-electron chi connectivity index (χ2n) is 9.42. The Bertz CT molecular complexity index is 1340. The monoisotopic (exact) mass is 503 g/mol. The first-order valence-electron chi connectivity index (χ1n) is 12.1. The van der Waals surface area contributed by atoms with Crippen LogP contribution in [0.2, 0.25) is 0 Å². The van der Waals surface area contributed by atoms with E-state index < -0.39 is 0 Å². The molecule has 2 bridgehead atoms. The van der Waals surface area contributed by atoms with E-state index in [4.69, 9.17) is 9.90 Å². The molecule has 3 N–H and O–H groups in total. The first-order valence-corrected chi connectivity index (χ1v) is 12.1. The fourth-order valence-corrected chi connectivity index (χ4v) is 5.41. The molecule has 2 aromatic carbocycles. The van der Waals surface area contributed by atoms with Crippen molar-refractivity contribution >= 4 is 23.3 Å². The molecule has 2 unspecified atom stereocenters. The van der Waals surface area contributed by atoms with Gasteiger partial charge in [-0.05, 0) is 50.4 Å². The van der Waals surface area contributed by atoms with Gasteiger partial charge in [0, 0.05) is 29.1 Å². The number of amides is 1. The number of H-pyrrole nitrogens is 1. The Labute approximate surface area is 215 Å². The van der Waals surface area contributed by atoms with Crippen LogP contribution in [0.25, 0.3) is 22.2 Å².